The van der Waals surface area contributed by atoms with Crippen molar-refractivity contribution in [2.75, 3.05) is 6.26 Å². The van der Waals surface area contributed by atoms with Gasteiger partial charge in [-0.05, 0) is 23.8 Å². The summed E-state index contributed by atoms with van der Waals surface area (Å²) in [6.45, 7) is 0. The topological polar surface area (TPSA) is 115 Å². The summed E-state index contributed by atoms with van der Waals surface area (Å²) in [5.74, 6) is 0. The van der Waals surface area contributed by atoms with Crippen molar-refractivity contribution in [1.29, 1.82) is 0 Å². The second kappa shape index (κ2) is 5.73. The molecule has 0 aliphatic heterocycles. The van der Waals surface area contributed by atoms with E-state index < -0.39 is 21.3 Å². The van der Waals surface area contributed by atoms with Gasteiger partial charge in [0.2, 0.25) is 0 Å². The van der Waals surface area contributed by atoms with Gasteiger partial charge in [0.05, 0.1) is 5.52 Å². The Hall–Kier alpha value is -2.71. The van der Waals surface area contributed by atoms with Crippen molar-refractivity contribution >= 4 is 26.8 Å². The highest BCUT2D eigenvalue weighted by Crippen LogP contribution is 2.27. The van der Waals surface area contributed by atoms with Crippen molar-refractivity contribution in [2.45, 2.75) is 5.37 Å². The fourth-order valence-corrected chi connectivity index (χ4v) is 3.12. The number of pyridine rings is 1. The Labute approximate surface area is 138 Å². The summed E-state index contributed by atoms with van der Waals surface area (Å²) in [5, 5.41) is 8.84. The lowest BCUT2D eigenvalue weighted by molar-refractivity contribution is 0.197. The Bertz CT molecular complexity index is 1040. The van der Waals surface area contributed by atoms with Gasteiger partial charge in [-0.25, -0.2) is 13.2 Å². The fourth-order valence-electron chi connectivity index (χ4n) is 2.49. The lowest BCUT2D eigenvalue weighted by Crippen LogP contribution is -2.20. The van der Waals surface area contributed by atoms with Crippen LogP contribution in [0.5, 0.6) is 0 Å². The highest BCUT2D eigenvalue weighted by Gasteiger charge is 2.18. The van der Waals surface area contributed by atoms with Gasteiger partial charge >= 0.3 is 6.09 Å². The number of benzene rings is 1. The molecule has 0 amide bonds. The molecular formula is C16H15N3O4S. The summed E-state index contributed by atoms with van der Waals surface area (Å²) in [5.41, 5.74) is 8.05. The molecule has 3 aromatic rings. The molecular weight excluding hydrogens is 330 g/mol. The standard InChI is InChI=1S/C16H15N3O4S/c1-24(22,23)15(17)13-6-12(8-18-9-13)11-3-2-10-4-5-19(16(20)21)14(10)7-11/h2-9,15H,17H2,1H3,(H,20,21). The molecule has 1 unspecified atom stereocenters. The minimum absolute atomic E-state index is 0.378. The van der Waals surface area contributed by atoms with Crippen LogP contribution >= 0.6 is 0 Å². The van der Waals surface area contributed by atoms with Crippen LogP contribution in [0.3, 0.4) is 0 Å². The quantitative estimate of drug-likeness (QED) is 0.752. The van der Waals surface area contributed by atoms with E-state index in [0.717, 1.165) is 21.8 Å². The van der Waals surface area contributed by atoms with Crippen LogP contribution in [-0.4, -0.2) is 35.4 Å². The first-order valence-corrected chi connectivity index (χ1v) is 8.97. The highest BCUT2D eigenvalue weighted by molar-refractivity contribution is 7.90. The SMILES string of the molecule is CS(=O)(=O)C(N)c1cncc(-c2ccc3ccn(C(=O)O)c3c2)c1. The van der Waals surface area contributed by atoms with E-state index in [2.05, 4.69) is 4.98 Å². The number of carbonyl (C=O) groups is 1. The second-order valence-corrected chi connectivity index (χ2v) is 7.67. The molecule has 7 nitrogen and oxygen atoms in total. The van der Waals surface area contributed by atoms with Gasteiger partial charge in [-0.15, -0.1) is 0 Å². The molecule has 24 heavy (non-hydrogen) atoms. The number of hydrogen-bond donors (Lipinski definition) is 2. The number of nitrogens with two attached hydrogens (primary N) is 1. The Morgan fingerprint density at radius 3 is 2.62 bits per heavy atom. The smallest absolute Gasteiger partial charge is 0.415 e. The maximum absolute atomic E-state index is 11.6. The second-order valence-electron chi connectivity index (χ2n) is 5.50. The van der Waals surface area contributed by atoms with Gasteiger partial charge in [-0.3, -0.25) is 9.55 Å². The summed E-state index contributed by atoms with van der Waals surface area (Å²) in [7, 11) is -3.44. The first-order chi connectivity index (χ1) is 11.3. The molecule has 2 aromatic heterocycles. The zero-order valence-corrected chi connectivity index (χ0v) is 13.6. The Balaban J connectivity index is 2.11. The summed E-state index contributed by atoms with van der Waals surface area (Å²) in [6, 6.07) is 8.69. The van der Waals surface area contributed by atoms with Gasteiger partial charge in [-0.2, -0.15) is 0 Å². The van der Waals surface area contributed by atoms with E-state index in [-0.39, 0.29) is 0 Å². The number of nitrogens with zero attached hydrogens (tertiary/aromatic N) is 2. The molecule has 0 fully saturated rings. The van der Waals surface area contributed by atoms with Crippen molar-refractivity contribution in [3.05, 3.63) is 54.5 Å². The Morgan fingerprint density at radius 1 is 1.21 bits per heavy atom. The summed E-state index contributed by atoms with van der Waals surface area (Å²) >= 11 is 0. The average Bonchev–Trinajstić information content (AvgIpc) is 2.96. The molecule has 3 rings (SSSR count). The molecule has 1 aromatic carbocycles. The maximum Gasteiger partial charge on any atom is 0.415 e. The first-order valence-electron chi connectivity index (χ1n) is 7.01. The van der Waals surface area contributed by atoms with Gasteiger partial charge in [0.25, 0.3) is 0 Å². The first kappa shape index (κ1) is 16.2. The number of aromatic nitrogens is 2. The molecule has 1 atom stereocenters. The van der Waals surface area contributed by atoms with Crippen molar-refractivity contribution in [2.24, 2.45) is 5.73 Å². The van der Waals surface area contributed by atoms with Crippen LogP contribution in [0, 0.1) is 0 Å². The number of fused-ring (bicyclic) bond motifs is 1. The predicted molar refractivity (Wildman–Crippen MR) is 90.4 cm³/mol. The predicted octanol–water partition coefficient (Wildman–Crippen LogP) is 2.23. The van der Waals surface area contributed by atoms with Crippen LogP contribution in [0.4, 0.5) is 4.79 Å². The molecule has 0 spiro atoms. The molecule has 0 aliphatic carbocycles. The van der Waals surface area contributed by atoms with Crippen LogP contribution in [0.15, 0.2) is 48.9 Å². The van der Waals surface area contributed by atoms with Gasteiger partial charge in [-0.1, -0.05) is 12.1 Å². The summed E-state index contributed by atoms with van der Waals surface area (Å²) in [4.78, 5) is 15.3. The monoisotopic (exact) mass is 345 g/mol. The maximum atomic E-state index is 11.6. The van der Waals surface area contributed by atoms with Crippen LogP contribution in [0.2, 0.25) is 0 Å². The minimum atomic E-state index is -3.44. The Morgan fingerprint density at radius 2 is 1.96 bits per heavy atom. The van der Waals surface area contributed by atoms with E-state index in [0.29, 0.717) is 16.6 Å². The lowest BCUT2D eigenvalue weighted by Gasteiger charge is -2.11. The van der Waals surface area contributed by atoms with E-state index in [1.165, 1.54) is 12.4 Å². The zero-order chi connectivity index (χ0) is 17.5. The third-order valence-electron chi connectivity index (χ3n) is 3.78. The molecule has 0 saturated heterocycles. The largest absolute Gasteiger partial charge is 0.464 e. The molecule has 8 heteroatoms. The van der Waals surface area contributed by atoms with Crippen molar-refractivity contribution in [3.63, 3.8) is 0 Å². The summed E-state index contributed by atoms with van der Waals surface area (Å²) in [6.07, 6.45) is 4.45. The minimum Gasteiger partial charge on any atom is -0.464 e. The third kappa shape index (κ3) is 2.89. The van der Waals surface area contributed by atoms with Gasteiger partial charge in [0.15, 0.2) is 9.84 Å². The summed E-state index contributed by atoms with van der Waals surface area (Å²) < 4.78 is 24.4. The van der Waals surface area contributed by atoms with Gasteiger partial charge < -0.3 is 10.8 Å². The van der Waals surface area contributed by atoms with Gasteiger partial charge in [0.1, 0.15) is 5.37 Å². The molecule has 3 N–H and O–H groups in total. The van der Waals surface area contributed by atoms with Crippen molar-refractivity contribution in [3.8, 4) is 11.1 Å². The molecule has 0 saturated carbocycles. The van der Waals surface area contributed by atoms with Crippen LogP contribution in [0.25, 0.3) is 22.0 Å². The normalized spacial score (nSPS) is 13.1. The van der Waals surface area contributed by atoms with Crippen LogP contribution in [0.1, 0.15) is 10.9 Å². The molecule has 124 valence electrons. The van der Waals surface area contributed by atoms with Crippen LogP contribution < -0.4 is 5.73 Å². The van der Waals surface area contributed by atoms with E-state index >= 15 is 0 Å². The molecule has 0 aliphatic rings. The average molecular weight is 345 g/mol. The highest BCUT2D eigenvalue weighted by atomic mass is 32.2. The Kier molecular flexibility index (Phi) is 3.86. The van der Waals surface area contributed by atoms with E-state index in [9.17, 15) is 18.3 Å². The molecule has 2 heterocycles. The number of hydrogen-bond acceptors (Lipinski definition) is 5. The molecule has 0 bridgehead atoms. The van der Waals surface area contributed by atoms with Gasteiger partial charge in [0, 0.05) is 41.4 Å². The van der Waals surface area contributed by atoms with Crippen molar-refractivity contribution < 1.29 is 18.3 Å². The van der Waals surface area contributed by atoms with Crippen LogP contribution in [-0.2, 0) is 9.84 Å². The lowest BCUT2D eigenvalue weighted by atomic mass is 10.0. The fraction of sp³-hybridized carbons (Fsp3) is 0.125. The number of sulfone groups is 1. The molecule has 0 radical (unpaired) electrons. The van der Waals surface area contributed by atoms with Crippen molar-refractivity contribution in [1.82, 2.24) is 9.55 Å². The number of carboxylic acid groups (broad SMARTS) is 1. The third-order valence-corrected chi connectivity index (χ3v) is 4.98. The number of rotatable bonds is 3. The van der Waals surface area contributed by atoms with E-state index in [4.69, 9.17) is 5.73 Å². The zero-order valence-electron chi connectivity index (χ0n) is 12.7. The van der Waals surface area contributed by atoms with E-state index in [1.807, 2.05) is 6.07 Å². The van der Waals surface area contributed by atoms with E-state index in [1.54, 1.807) is 30.5 Å².